The van der Waals surface area contributed by atoms with Crippen molar-refractivity contribution in [3.8, 4) is 0 Å². The van der Waals surface area contributed by atoms with Crippen molar-refractivity contribution < 1.29 is 77.8 Å². The fraction of sp³-hybridized carbons (Fsp3) is 0.658. The summed E-state index contributed by atoms with van der Waals surface area (Å²) in [7, 11) is 0. The number of amides is 10. The molecule has 0 radical (unpaired) electrons. The number of hydrogen-bond donors (Lipinski definition) is 14. The van der Waals surface area contributed by atoms with Crippen LogP contribution >= 0.6 is 0 Å². The number of carbonyl (C=O) groups is 12. The Balaban J connectivity index is 2.18. The highest BCUT2D eigenvalue weighted by atomic mass is 16.4. The molecule has 0 aromatic carbocycles. The molecule has 3 saturated heterocycles. The maximum Gasteiger partial charge on any atom is 0.338 e. The first kappa shape index (κ1) is 53.2. The Morgan fingerprint density at radius 1 is 0.591 bits per heavy atom. The molecular weight excluding hydrogens is 878 g/mol. The number of aliphatic hydroxyl groups excluding tert-OH is 1. The Kier molecular flexibility index (Phi) is 20.0. The molecule has 0 saturated carbocycles. The number of carboxylic acids is 2. The third-order valence-corrected chi connectivity index (χ3v) is 11.0. The molecule has 28 nitrogen and oxygen atoms in total. The number of guanidine groups is 1. The van der Waals surface area contributed by atoms with Gasteiger partial charge in [-0.25, -0.2) is 0 Å². The number of primary amides is 2. The van der Waals surface area contributed by atoms with Gasteiger partial charge in [-0.2, -0.15) is 0 Å². The molecule has 0 spiro atoms. The Morgan fingerprint density at radius 3 is 1.44 bits per heavy atom. The summed E-state index contributed by atoms with van der Waals surface area (Å²) in [6.45, 7) is 1.11. The largest absolute Gasteiger partial charge is 0.481 e. The molecule has 0 aliphatic carbocycles. The molecule has 0 aromatic heterocycles. The number of carboxylic acid groups (broad SMARTS) is 2. The molecule has 10 amide bonds. The van der Waals surface area contributed by atoms with E-state index in [-0.39, 0.29) is 64.1 Å². The van der Waals surface area contributed by atoms with Crippen LogP contribution in [0.1, 0.15) is 84.0 Å². The van der Waals surface area contributed by atoms with E-state index in [1.807, 2.05) is 0 Å². The van der Waals surface area contributed by atoms with Gasteiger partial charge in [0.1, 0.15) is 48.3 Å². The van der Waals surface area contributed by atoms with Crippen LogP contribution in [0.15, 0.2) is 0 Å². The van der Waals surface area contributed by atoms with Crippen molar-refractivity contribution in [3.63, 3.8) is 0 Å². The van der Waals surface area contributed by atoms with Crippen LogP contribution in [-0.4, -0.2) is 176 Å². The first-order valence-corrected chi connectivity index (χ1v) is 21.2. The summed E-state index contributed by atoms with van der Waals surface area (Å²) < 4.78 is 0. The van der Waals surface area contributed by atoms with Crippen LogP contribution in [0.5, 0.6) is 0 Å². The molecule has 3 rings (SSSR count). The van der Waals surface area contributed by atoms with Gasteiger partial charge in [0.05, 0.1) is 25.5 Å². The fourth-order valence-corrected chi connectivity index (χ4v) is 7.66. The van der Waals surface area contributed by atoms with Gasteiger partial charge in [-0.05, 0) is 58.3 Å². The lowest BCUT2D eigenvalue weighted by atomic mass is 10.0. The van der Waals surface area contributed by atoms with Crippen molar-refractivity contribution >= 4 is 77.0 Å². The lowest BCUT2D eigenvalue weighted by Crippen LogP contribution is -2.78. The second-order valence-corrected chi connectivity index (χ2v) is 16.1. The van der Waals surface area contributed by atoms with Crippen LogP contribution in [0, 0.1) is 0 Å². The molecule has 66 heavy (non-hydrogen) atoms. The normalized spacial score (nSPS) is 26.8. The SMILES string of the molecule is C[C@@H](O)[C@@H]1NC(=O)[C@@H]2CCCN2C(=O)[C@H](CC(=O)O)NC(=O)[C@H](CC(=O)O)NC(=O)[C@@H](CCC(N)=O)NC(=O)[C@H](CCC(N)=O)NC(=O)[C@@H](CCC[NH+]=C(N)N)NC(=O)[C@H]2CCCN2C1=O. The lowest BCUT2D eigenvalue weighted by molar-refractivity contribution is -0.459. The molecule has 28 heteroatoms. The van der Waals surface area contributed by atoms with Gasteiger partial charge in [0.2, 0.25) is 59.1 Å². The van der Waals surface area contributed by atoms with Gasteiger partial charge in [0.15, 0.2) is 0 Å². The van der Waals surface area contributed by atoms with Gasteiger partial charge in [0, 0.05) is 25.9 Å². The molecule has 0 bridgehead atoms. The highest BCUT2D eigenvalue weighted by molar-refractivity contribution is 6.00. The van der Waals surface area contributed by atoms with Gasteiger partial charge >= 0.3 is 17.9 Å². The van der Waals surface area contributed by atoms with E-state index in [1.165, 1.54) is 6.92 Å². The monoisotopic (exact) mass is 938 g/mol. The van der Waals surface area contributed by atoms with E-state index in [0.717, 1.165) is 9.80 Å². The average molecular weight is 939 g/mol. The number of aliphatic carboxylic acids is 2. The molecule has 0 aromatic rings. The van der Waals surface area contributed by atoms with Gasteiger partial charge < -0.3 is 68.5 Å². The fourth-order valence-electron chi connectivity index (χ4n) is 7.66. The first-order chi connectivity index (χ1) is 31.0. The van der Waals surface area contributed by atoms with Gasteiger partial charge in [-0.3, -0.25) is 74.0 Å². The second-order valence-electron chi connectivity index (χ2n) is 16.1. The number of fused-ring (bicyclic) bond motifs is 2. The quantitative estimate of drug-likeness (QED) is 0.0412. The van der Waals surface area contributed by atoms with E-state index in [0.29, 0.717) is 0 Å². The summed E-state index contributed by atoms with van der Waals surface area (Å²) in [5, 5.41) is 44.1. The Hall–Kier alpha value is -7.13. The van der Waals surface area contributed by atoms with E-state index >= 15 is 0 Å². The highest BCUT2D eigenvalue weighted by Crippen LogP contribution is 2.23. The topological polar surface area (TPSA) is 462 Å². The zero-order valence-corrected chi connectivity index (χ0v) is 36.2. The van der Waals surface area contributed by atoms with E-state index in [4.69, 9.17) is 22.9 Å². The average Bonchev–Trinajstić information content (AvgIpc) is 3.93. The summed E-state index contributed by atoms with van der Waals surface area (Å²) in [6, 6.07) is -13.3. The molecule has 0 unspecified atom stereocenters. The maximum absolute atomic E-state index is 14.1. The van der Waals surface area contributed by atoms with Gasteiger partial charge in [-0.1, -0.05) is 0 Å². The predicted octanol–water partition coefficient (Wildman–Crippen LogP) is -9.11. The van der Waals surface area contributed by atoms with Crippen molar-refractivity contribution in [1.29, 1.82) is 0 Å². The van der Waals surface area contributed by atoms with Crippen LogP contribution in [0.4, 0.5) is 0 Å². The third kappa shape index (κ3) is 15.8. The molecule has 9 atom stereocenters. The van der Waals surface area contributed by atoms with E-state index in [9.17, 15) is 72.9 Å². The lowest BCUT2D eigenvalue weighted by Gasteiger charge is -2.33. The number of rotatable bonds is 15. The van der Waals surface area contributed by atoms with Crippen molar-refractivity contribution in [1.82, 2.24) is 41.7 Å². The smallest absolute Gasteiger partial charge is 0.338 e. The van der Waals surface area contributed by atoms with Crippen LogP contribution in [0.2, 0.25) is 0 Å². The van der Waals surface area contributed by atoms with E-state index < -0.39 is 164 Å². The Morgan fingerprint density at radius 2 is 0.985 bits per heavy atom. The number of nitrogens with one attached hydrogen (secondary N) is 7. The summed E-state index contributed by atoms with van der Waals surface area (Å²) in [5.41, 5.74) is 21.6. The molecule has 3 aliphatic heterocycles. The summed E-state index contributed by atoms with van der Waals surface area (Å²) in [4.78, 5) is 164. The summed E-state index contributed by atoms with van der Waals surface area (Å²) in [6.07, 6.45) is -5.50. The Bertz CT molecular complexity index is 1930. The van der Waals surface area contributed by atoms with E-state index in [1.54, 1.807) is 0 Å². The zero-order valence-electron chi connectivity index (χ0n) is 36.2. The molecule has 3 aliphatic rings. The summed E-state index contributed by atoms with van der Waals surface area (Å²) >= 11 is 0. The van der Waals surface area contributed by atoms with Gasteiger partial charge in [-0.15, -0.1) is 0 Å². The number of nitrogens with zero attached hydrogens (tertiary/aromatic N) is 2. The zero-order chi connectivity index (χ0) is 49.4. The van der Waals surface area contributed by atoms with Crippen LogP contribution in [0.25, 0.3) is 0 Å². The first-order valence-electron chi connectivity index (χ1n) is 21.2. The second kappa shape index (κ2) is 24.8. The summed E-state index contributed by atoms with van der Waals surface area (Å²) in [5.74, 6) is -14.0. The van der Waals surface area contributed by atoms with Crippen molar-refractivity contribution in [2.45, 2.75) is 138 Å². The van der Waals surface area contributed by atoms with Crippen molar-refractivity contribution in [3.05, 3.63) is 0 Å². The minimum Gasteiger partial charge on any atom is -0.481 e. The van der Waals surface area contributed by atoms with Crippen LogP contribution in [-0.2, 0) is 57.5 Å². The van der Waals surface area contributed by atoms with Gasteiger partial charge in [0.25, 0.3) is 0 Å². The molecule has 18 N–H and O–H groups in total. The standard InChI is InChI=1S/C38H59N13O15/c1-17(52)29-37(66)51-14-4-6-23(51)34(63)46-18(5-2-12-43-38(41)42)30(59)44-19(8-10-25(39)53)31(60)45-20(9-11-26(40)54)32(61)47-21(15-27(55)56)33(62)48-22(16-28(57)58)36(65)50-13-3-7-24(50)35(64)49-29/h17-24,29,52H,2-16H2,1H3,(H2,39,53)(H2,40,54)(H,44,59)(H,45,60)(H,46,63)(H,47,61)(H,48,62)(H,49,64)(H,55,56)(H,57,58)(H4,41,42,43)/p+1/t17-,18-,19+,20-,21+,22+,23-,24+,29+/m1/s1. The van der Waals surface area contributed by atoms with E-state index in [2.05, 4.69) is 36.9 Å². The number of hydrogen-bond acceptors (Lipinski definition) is 13. The van der Waals surface area contributed by atoms with Crippen molar-refractivity contribution in [2.75, 3.05) is 19.6 Å². The minimum absolute atomic E-state index is 0.0187. The number of aliphatic hydroxyl groups is 1. The molecule has 3 heterocycles. The minimum atomic E-state index is -2.07. The third-order valence-electron chi connectivity index (χ3n) is 11.0. The maximum atomic E-state index is 14.1. The van der Waals surface area contributed by atoms with Crippen molar-refractivity contribution in [2.24, 2.45) is 22.9 Å². The predicted molar refractivity (Wildman–Crippen MR) is 223 cm³/mol. The molecule has 366 valence electrons. The molecular formula is C38H60N13O15+. The van der Waals surface area contributed by atoms with Crippen LogP contribution < -0.4 is 59.8 Å². The molecule has 3 fully saturated rings. The van der Waals surface area contributed by atoms with Crippen LogP contribution in [0.3, 0.4) is 0 Å². The highest BCUT2D eigenvalue weighted by Gasteiger charge is 2.44. The number of nitrogens with two attached hydrogens (primary N) is 4. The number of carbonyl (C=O) groups excluding carboxylic acids is 10. The Labute approximate surface area is 377 Å².